The van der Waals surface area contributed by atoms with Crippen LogP contribution in [0.1, 0.15) is 0 Å². The summed E-state index contributed by atoms with van der Waals surface area (Å²) in [5.41, 5.74) is -36.7. The Morgan fingerprint density at radius 2 is 0.168 bits per heavy atom. The zero-order valence-electron chi connectivity index (χ0n) is 39.9. The lowest BCUT2D eigenvalue weighted by Gasteiger charge is -2.53. The number of hydrogen-bond donors (Lipinski definition) is 1. The van der Waals surface area contributed by atoms with Crippen molar-refractivity contribution in [2.45, 2.75) is 177 Å². The molecule has 0 saturated heterocycles. The maximum atomic E-state index is 15.7. The number of hydrogen-bond acceptors (Lipinski definition) is 1. The average Bonchev–Trinajstić information content (AvgIpc) is 0.658. The zero-order chi connectivity index (χ0) is 79.5. The van der Waals surface area contributed by atoms with Crippen LogP contribution < -0.4 is 5.40 Å². The fourth-order valence-electron chi connectivity index (χ4n) is 6.01. The number of nitrogens with two attached hydrogens (primary N) is 1. The van der Waals surface area contributed by atoms with Crippen molar-refractivity contribution in [3.05, 3.63) is 0 Å². The Bertz CT molecular complexity index is 2470. The SMILES string of the molecule is N[Si](C(F)(F)C(F)(F)C(F)(F)C(F)(F)C(F)(F)C(F)(F)C(F)(F)C(F)(F)C(F)(F)C(F)(F)F)(C(F)(F)C(F)(F)C(F)(F)C(F)(F)C(F)(F)C(F)(F)C(F)(F)C(F)(F)C(F)(F)C(F)(F)F)C(F)(F)C(F)(F)C(F)(F)C(F)(F)C(F)(F)C(F)(F)C(F)(F)C(F)(F)C(F)(F)C(F)(F)F. The Hall–Kier alpha value is -4.23. The average molecular weight is 1600 g/mol. The van der Waals surface area contributed by atoms with Crippen LogP contribution in [-0.4, -0.2) is 186 Å². The molecule has 0 heterocycles. The van der Waals surface area contributed by atoms with Crippen LogP contribution in [0.25, 0.3) is 0 Å². The van der Waals surface area contributed by atoms with Crippen molar-refractivity contribution < 1.29 is 277 Å². The van der Waals surface area contributed by atoms with E-state index in [1.54, 1.807) is 0 Å². The van der Waals surface area contributed by atoms with Crippen molar-refractivity contribution in [1.82, 2.24) is 0 Å². The van der Waals surface area contributed by atoms with E-state index >= 15 is 52.7 Å². The van der Waals surface area contributed by atoms with E-state index in [2.05, 4.69) is 5.40 Å². The van der Waals surface area contributed by atoms with E-state index in [4.69, 9.17) is 0 Å². The maximum absolute atomic E-state index is 15.7. The molecule has 0 unspecified atom stereocenters. The first-order chi connectivity index (χ1) is 39.5. The third-order valence-electron chi connectivity index (χ3n) is 12.0. The minimum atomic E-state index is -15.0. The molecule has 65 heteroatoms. The lowest BCUT2D eigenvalue weighted by Crippen LogP contribution is -2.95. The summed E-state index contributed by atoms with van der Waals surface area (Å²) in [6.45, 7) is 0. The topological polar surface area (TPSA) is 26.0 Å². The summed E-state index contributed by atoms with van der Waals surface area (Å²) in [7, 11) is -15.0. The van der Waals surface area contributed by atoms with Gasteiger partial charge in [-0.1, -0.05) is 0 Å². The molecule has 0 amide bonds. The number of alkyl halides is 63. The summed E-state index contributed by atoms with van der Waals surface area (Å²) in [6, 6.07) is 0. The van der Waals surface area contributed by atoms with E-state index < -0.39 is 186 Å². The molecule has 572 valence electrons. The van der Waals surface area contributed by atoms with E-state index in [1.165, 1.54) is 0 Å². The highest BCUT2D eigenvalue weighted by atomic mass is 28.3. The van der Waals surface area contributed by atoms with Gasteiger partial charge in [0.05, 0.1) is 0 Å². The monoisotopic (exact) mass is 1600 g/mol. The van der Waals surface area contributed by atoms with Gasteiger partial charge in [-0.3, -0.25) is 0 Å². The van der Waals surface area contributed by atoms with Gasteiger partial charge in [0.2, 0.25) is 0 Å². The van der Waals surface area contributed by atoms with Gasteiger partial charge in [0, 0.05) is 0 Å². The van der Waals surface area contributed by atoms with Gasteiger partial charge < -0.3 is 5.40 Å². The van der Waals surface area contributed by atoms with Crippen molar-refractivity contribution in [3.8, 4) is 0 Å². The molecule has 0 aromatic heterocycles. The maximum Gasteiger partial charge on any atom is 0.460 e. The predicted octanol–water partition coefficient (Wildman–Crippen LogP) is 19.3. The molecule has 0 aliphatic rings. The van der Waals surface area contributed by atoms with Gasteiger partial charge in [-0.2, -0.15) is 250 Å². The number of halogens is 63. The van der Waals surface area contributed by atoms with Gasteiger partial charge in [-0.15, -0.1) is 0 Å². The lowest BCUT2D eigenvalue weighted by atomic mass is 9.87. The van der Waals surface area contributed by atoms with Gasteiger partial charge in [-0.25, -0.2) is 26.3 Å². The summed E-state index contributed by atoms with van der Waals surface area (Å²) >= 11 is 0. The van der Waals surface area contributed by atoms with Crippen LogP contribution in [0.2, 0.25) is 0 Å². The van der Waals surface area contributed by atoms with Gasteiger partial charge in [0.15, 0.2) is 0 Å². The predicted molar refractivity (Wildman–Crippen MR) is 162 cm³/mol. The largest absolute Gasteiger partial charge is 0.460 e. The van der Waals surface area contributed by atoms with Crippen molar-refractivity contribution in [2.75, 3.05) is 0 Å². The van der Waals surface area contributed by atoms with Crippen LogP contribution in [0.5, 0.6) is 0 Å². The molecule has 0 aliphatic carbocycles. The highest BCUT2D eigenvalue weighted by Gasteiger charge is 3.09. The van der Waals surface area contributed by atoms with Crippen LogP contribution in [0, 0.1) is 0 Å². The number of rotatable bonds is 27. The van der Waals surface area contributed by atoms with Gasteiger partial charge >= 0.3 is 186 Å². The molecule has 0 saturated carbocycles. The van der Waals surface area contributed by atoms with Gasteiger partial charge in [0.1, 0.15) is 0 Å². The molecule has 0 radical (unpaired) electrons. The second-order valence-corrected chi connectivity index (χ2v) is 21.3. The molecule has 0 bridgehead atoms. The summed E-state index contributed by atoms with van der Waals surface area (Å²) < 4.78 is 885. The Labute approximate surface area is 469 Å². The summed E-state index contributed by atoms with van der Waals surface area (Å²) in [4.78, 5) is 0. The molecule has 0 fully saturated rings. The molecule has 1 nitrogen and oxygen atoms in total. The Morgan fingerprint density at radius 3 is 0.242 bits per heavy atom. The van der Waals surface area contributed by atoms with Crippen LogP contribution >= 0.6 is 0 Å². The third kappa shape index (κ3) is 9.79. The highest BCUT2D eigenvalue weighted by molar-refractivity contribution is 6.84. The fraction of sp³-hybridized carbons (Fsp3) is 1.00. The minimum absolute atomic E-state index is 2.32. The fourth-order valence-corrected chi connectivity index (χ4v) is 9.15. The minimum Gasteiger partial charge on any atom is -0.337 e. The Morgan fingerprint density at radius 1 is 0.105 bits per heavy atom. The quantitative estimate of drug-likeness (QED) is 0.0644. The first-order valence-electron chi connectivity index (χ1n) is 19.7. The van der Waals surface area contributed by atoms with E-state index in [9.17, 15) is 224 Å². The van der Waals surface area contributed by atoms with E-state index in [0.717, 1.165) is 0 Å². The van der Waals surface area contributed by atoms with E-state index in [-0.39, 0.29) is 0 Å². The molecule has 0 spiro atoms. The molecule has 2 N–H and O–H groups in total. The normalized spacial score (nSPS) is 17.7. The van der Waals surface area contributed by atoms with Crippen molar-refractivity contribution in [1.29, 1.82) is 0 Å². The Balaban J connectivity index is 10.3. The second-order valence-electron chi connectivity index (χ2n) is 17.8. The van der Waals surface area contributed by atoms with Crippen molar-refractivity contribution in [2.24, 2.45) is 5.40 Å². The third-order valence-corrected chi connectivity index (χ3v) is 15.9. The van der Waals surface area contributed by atoms with Crippen molar-refractivity contribution in [3.63, 3.8) is 0 Å². The molecule has 95 heavy (non-hydrogen) atoms. The molecular weight excluding hydrogens is 1600 g/mol. The Kier molecular flexibility index (Phi) is 20.5. The molecule has 0 rings (SSSR count). The molecule has 0 aromatic rings. The zero-order valence-corrected chi connectivity index (χ0v) is 40.9. The molecule has 0 atom stereocenters. The highest BCUT2D eigenvalue weighted by Crippen LogP contribution is 2.75. The van der Waals surface area contributed by atoms with Crippen LogP contribution in [0.4, 0.5) is 277 Å². The molecular formula is C30H2F63NSi. The van der Waals surface area contributed by atoms with E-state index in [1.807, 2.05) is 0 Å². The van der Waals surface area contributed by atoms with E-state index in [0.29, 0.717) is 0 Å². The first kappa shape index (κ1) is 90.8. The van der Waals surface area contributed by atoms with Crippen LogP contribution in [0.15, 0.2) is 0 Å². The summed E-state index contributed by atoms with van der Waals surface area (Å²) in [6.07, 6.45) is -26.9. The van der Waals surface area contributed by atoms with Gasteiger partial charge in [-0.05, 0) is 0 Å². The van der Waals surface area contributed by atoms with Gasteiger partial charge in [0.25, 0.3) is 0 Å². The summed E-state index contributed by atoms with van der Waals surface area (Å²) in [5, 5.41) is 2.32. The van der Waals surface area contributed by atoms with Crippen molar-refractivity contribution >= 4 is 8.24 Å². The van der Waals surface area contributed by atoms with Crippen LogP contribution in [0.3, 0.4) is 0 Å². The molecule has 0 aliphatic heterocycles. The standard InChI is InChI=1S/C30H2F63NSi/c31-1(32,7(43,44)13(55,56)19(67,68)25(79,80)81)4(37,38)10(49,50)16(61,62)22(73,74)28(88,89)95(94,29(90,91)23(75,76)17(63,64)11(51,52)5(39,40)2(33,34)8(45,46)14(57,58)20(69,70)26(82,83)84)30(92,93)24(77,78)18(65,66)12(53,54)6(41,42)3(35,36)9(47,48)15(59,60)21(71,72)27(85,86)87/h94H2. The summed E-state index contributed by atoms with van der Waals surface area (Å²) in [5.74, 6) is -263. The van der Waals surface area contributed by atoms with Crippen LogP contribution in [-0.2, 0) is 0 Å². The first-order valence-corrected chi connectivity index (χ1v) is 21.8. The lowest BCUT2D eigenvalue weighted by molar-refractivity contribution is -0.476. The second kappa shape index (κ2) is 21.4. The smallest absolute Gasteiger partial charge is 0.337 e. The molecule has 0 aromatic carbocycles.